The van der Waals surface area contributed by atoms with Gasteiger partial charge in [0.05, 0.1) is 5.69 Å². The van der Waals surface area contributed by atoms with E-state index in [4.69, 9.17) is 11.6 Å². The number of hydrogen-bond acceptors (Lipinski definition) is 2. The number of halogens is 1. The van der Waals surface area contributed by atoms with E-state index in [1.54, 1.807) is 11.7 Å². The maximum absolute atomic E-state index is 10.5. The van der Waals surface area contributed by atoms with Crippen molar-refractivity contribution in [2.45, 2.75) is 13.0 Å². The average Bonchev–Trinajstić information content (AvgIpc) is 2.94. The highest BCUT2D eigenvalue weighted by Gasteiger charge is 2.21. The molecule has 0 amide bonds. The van der Waals surface area contributed by atoms with Crippen molar-refractivity contribution < 1.29 is 5.11 Å². The molecule has 1 atom stereocenters. The molecule has 1 unspecified atom stereocenters. The van der Waals surface area contributed by atoms with Gasteiger partial charge in [-0.1, -0.05) is 17.7 Å². The number of aromatic nitrogens is 3. The van der Waals surface area contributed by atoms with Gasteiger partial charge in [0, 0.05) is 24.3 Å². The van der Waals surface area contributed by atoms with Gasteiger partial charge in [0.1, 0.15) is 11.3 Å². The molecule has 2 N–H and O–H groups in total. The highest BCUT2D eigenvalue weighted by Crippen LogP contribution is 2.31. The minimum Gasteiger partial charge on any atom is -0.383 e. The van der Waals surface area contributed by atoms with Crippen LogP contribution in [0, 0.1) is 6.92 Å². The topological polar surface area (TPSA) is 53.8 Å². The van der Waals surface area contributed by atoms with E-state index in [-0.39, 0.29) is 0 Å². The van der Waals surface area contributed by atoms with Gasteiger partial charge in [0.25, 0.3) is 0 Å². The Morgan fingerprint density at radius 3 is 2.84 bits per heavy atom. The van der Waals surface area contributed by atoms with Gasteiger partial charge in [0.15, 0.2) is 0 Å². The largest absolute Gasteiger partial charge is 0.383 e. The fraction of sp³-hybridized carbons (Fsp3) is 0.214. The molecule has 0 fully saturated rings. The molecule has 1 aromatic carbocycles. The highest BCUT2D eigenvalue weighted by atomic mass is 35.5. The number of fused-ring (bicyclic) bond motifs is 1. The second-order valence-corrected chi connectivity index (χ2v) is 5.00. The van der Waals surface area contributed by atoms with Crippen molar-refractivity contribution in [3.63, 3.8) is 0 Å². The van der Waals surface area contributed by atoms with Gasteiger partial charge < -0.3 is 10.1 Å². The maximum atomic E-state index is 10.5. The number of hydrogen-bond donors (Lipinski definition) is 2. The molecule has 5 heteroatoms. The van der Waals surface area contributed by atoms with Crippen LogP contribution in [0.1, 0.15) is 22.9 Å². The van der Waals surface area contributed by atoms with E-state index in [1.165, 1.54) is 0 Å². The van der Waals surface area contributed by atoms with Gasteiger partial charge in [-0.05, 0) is 36.1 Å². The molecule has 4 nitrogen and oxygen atoms in total. The molecule has 0 aliphatic rings. The Balaban J connectivity index is 2.09. The molecule has 0 saturated heterocycles. The fourth-order valence-corrected chi connectivity index (χ4v) is 2.64. The third-order valence-electron chi connectivity index (χ3n) is 3.36. The predicted octanol–water partition coefficient (Wildman–Crippen LogP) is 2.94. The molecule has 0 spiro atoms. The Kier molecular flexibility index (Phi) is 2.84. The summed E-state index contributed by atoms with van der Waals surface area (Å²) >= 11 is 6.19. The van der Waals surface area contributed by atoms with Crippen LogP contribution in [-0.4, -0.2) is 19.9 Å². The Morgan fingerprint density at radius 1 is 1.37 bits per heavy atom. The van der Waals surface area contributed by atoms with Gasteiger partial charge in [-0.2, -0.15) is 5.10 Å². The molecule has 0 bridgehead atoms. The number of aliphatic hydroxyl groups is 1. The van der Waals surface area contributed by atoms with Crippen LogP contribution in [-0.2, 0) is 7.05 Å². The summed E-state index contributed by atoms with van der Waals surface area (Å²) in [4.78, 5) is 3.13. The third-order valence-corrected chi connectivity index (χ3v) is 3.81. The summed E-state index contributed by atoms with van der Waals surface area (Å²) in [6, 6.07) is 7.78. The van der Waals surface area contributed by atoms with Crippen molar-refractivity contribution in [1.29, 1.82) is 0 Å². The van der Waals surface area contributed by atoms with Crippen LogP contribution < -0.4 is 0 Å². The molecule has 0 radical (unpaired) electrons. The molecule has 2 heterocycles. The Hall–Kier alpha value is -1.78. The number of aryl methyl sites for hydroxylation is 2. The monoisotopic (exact) mass is 275 g/mol. The second kappa shape index (κ2) is 4.40. The normalized spacial score (nSPS) is 13.1. The molecule has 3 aromatic rings. The lowest BCUT2D eigenvalue weighted by molar-refractivity contribution is 0.220. The number of rotatable bonds is 2. The van der Waals surface area contributed by atoms with Gasteiger partial charge in [-0.15, -0.1) is 0 Å². The van der Waals surface area contributed by atoms with Crippen molar-refractivity contribution in [2.24, 2.45) is 7.05 Å². The summed E-state index contributed by atoms with van der Waals surface area (Å²) in [5, 5.41) is 16.3. The van der Waals surface area contributed by atoms with E-state index in [0.29, 0.717) is 10.7 Å². The van der Waals surface area contributed by atoms with E-state index in [1.807, 2.05) is 37.4 Å². The summed E-state index contributed by atoms with van der Waals surface area (Å²) in [7, 11) is 1.76. The average molecular weight is 276 g/mol. The van der Waals surface area contributed by atoms with Gasteiger partial charge in [-0.25, -0.2) is 0 Å². The molecule has 98 valence electrons. The van der Waals surface area contributed by atoms with E-state index in [9.17, 15) is 5.11 Å². The zero-order chi connectivity index (χ0) is 13.6. The zero-order valence-corrected chi connectivity index (χ0v) is 11.4. The molecule has 3 rings (SSSR count). The van der Waals surface area contributed by atoms with Crippen molar-refractivity contribution in [3.05, 3.63) is 52.4 Å². The number of nitrogens with zero attached hydrogens (tertiary/aromatic N) is 2. The quantitative estimate of drug-likeness (QED) is 0.755. The van der Waals surface area contributed by atoms with Crippen LogP contribution in [0.4, 0.5) is 0 Å². The standard InChI is InChI=1S/C14H14ClN3O/c1-8-12(14(15)18(2)17-8)13(19)10-3-4-11-9(7-10)5-6-16-11/h3-7,13,16,19H,1-2H3. The SMILES string of the molecule is Cc1nn(C)c(Cl)c1C(O)c1ccc2[nH]ccc2c1. The van der Waals surface area contributed by atoms with Crippen molar-refractivity contribution in [2.75, 3.05) is 0 Å². The van der Waals surface area contributed by atoms with Gasteiger partial charge in [0.2, 0.25) is 0 Å². The lowest BCUT2D eigenvalue weighted by Gasteiger charge is -2.11. The lowest BCUT2D eigenvalue weighted by atomic mass is 10.0. The minimum absolute atomic E-state index is 0.471. The summed E-state index contributed by atoms with van der Waals surface area (Å²) in [5.74, 6) is 0. The van der Waals surface area contributed by atoms with Crippen LogP contribution in [0.25, 0.3) is 10.9 Å². The summed E-state index contributed by atoms with van der Waals surface area (Å²) in [6.07, 6.45) is 1.11. The number of nitrogens with one attached hydrogen (secondary N) is 1. The van der Waals surface area contributed by atoms with Crippen molar-refractivity contribution in [3.8, 4) is 0 Å². The first-order valence-corrected chi connectivity index (χ1v) is 6.40. The van der Waals surface area contributed by atoms with E-state index < -0.39 is 6.10 Å². The zero-order valence-electron chi connectivity index (χ0n) is 10.7. The molecule has 2 aromatic heterocycles. The van der Waals surface area contributed by atoms with Crippen molar-refractivity contribution >= 4 is 22.5 Å². The first-order chi connectivity index (χ1) is 9.08. The Morgan fingerprint density at radius 2 is 2.16 bits per heavy atom. The van der Waals surface area contributed by atoms with E-state index in [0.717, 1.165) is 22.2 Å². The molecule has 19 heavy (non-hydrogen) atoms. The smallest absolute Gasteiger partial charge is 0.133 e. The molecule has 0 aliphatic carbocycles. The number of aromatic amines is 1. The number of H-pyrrole nitrogens is 1. The van der Waals surface area contributed by atoms with Crippen LogP contribution in [0.3, 0.4) is 0 Å². The van der Waals surface area contributed by atoms with Crippen LogP contribution in [0.15, 0.2) is 30.5 Å². The Bertz CT molecular complexity index is 744. The van der Waals surface area contributed by atoms with Gasteiger partial charge >= 0.3 is 0 Å². The fourth-order valence-electron chi connectivity index (χ4n) is 2.37. The van der Waals surface area contributed by atoms with Crippen LogP contribution in [0.2, 0.25) is 5.15 Å². The summed E-state index contributed by atoms with van der Waals surface area (Å²) < 4.78 is 1.57. The van der Waals surface area contributed by atoms with Crippen LogP contribution >= 0.6 is 11.6 Å². The first kappa shape index (κ1) is 12.3. The summed E-state index contributed by atoms with van der Waals surface area (Å²) in [6.45, 7) is 1.85. The lowest BCUT2D eigenvalue weighted by Crippen LogP contribution is -2.01. The minimum atomic E-state index is -0.763. The maximum Gasteiger partial charge on any atom is 0.133 e. The molecular formula is C14H14ClN3O. The second-order valence-electron chi connectivity index (χ2n) is 4.64. The van der Waals surface area contributed by atoms with Crippen LogP contribution in [0.5, 0.6) is 0 Å². The molecule has 0 aliphatic heterocycles. The van der Waals surface area contributed by atoms with Crippen molar-refractivity contribution in [1.82, 2.24) is 14.8 Å². The highest BCUT2D eigenvalue weighted by molar-refractivity contribution is 6.30. The number of benzene rings is 1. The molecule has 0 saturated carbocycles. The third kappa shape index (κ3) is 1.93. The van der Waals surface area contributed by atoms with Gasteiger partial charge in [-0.3, -0.25) is 4.68 Å². The van der Waals surface area contributed by atoms with E-state index in [2.05, 4.69) is 10.1 Å². The Labute approximate surface area is 115 Å². The first-order valence-electron chi connectivity index (χ1n) is 6.02. The summed E-state index contributed by atoms with van der Waals surface area (Å²) in [5.41, 5.74) is 3.27. The number of aliphatic hydroxyl groups excluding tert-OH is 1. The van der Waals surface area contributed by atoms with E-state index >= 15 is 0 Å². The predicted molar refractivity (Wildman–Crippen MR) is 75.3 cm³/mol. The molecular weight excluding hydrogens is 262 g/mol.